The molecular weight excluding hydrogens is 529 g/mol. The first kappa shape index (κ1) is 26.8. The molecule has 0 spiro atoms. The van der Waals surface area contributed by atoms with Crippen LogP contribution in [0.3, 0.4) is 0 Å². The lowest BCUT2D eigenvalue weighted by molar-refractivity contribution is -0.114. The van der Waals surface area contributed by atoms with Gasteiger partial charge in [-0.2, -0.15) is 0 Å². The van der Waals surface area contributed by atoms with Gasteiger partial charge in [-0.1, -0.05) is 36.4 Å². The topological polar surface area (TPSA) is 113 Å². The third kappa shape index (κ3) is 6.18. The van der Waals surface area contributed by atoms with Crippen LogP contribution >= 0.6 is 0 Å². The first-order valence-electron chi connectivity index (χ1n) is 11.4. The Bertz CT molecular complexity index is 1640. The summed E-state index contributed by atoms with van der Waals surface area (Å²) in [5.41, 5.74) is 1.50. The van der Waals surface area contributed by atoms with Crippen molar-refractivity contribution in [1.82, 2.24) is 0 Å². The minimum Gasteiger partial charge on any atom is -0.325 e. The van der Waals surface area contributed by atoms with Gasteiger partial charge in [-0.15, -0.1) is 0 Å². The van der Waals surface area contributed by atoms with Crippen molar-refractivity contribution in [3.05, 3.63) is 115 Å². The number of sulfonamides is 2. The van der Waals surface area contributed by atoms with Crippen molar-refractivity contribution in [2.75, 3.05) is 20.9 Å². The minimum absolute atomic E-state index is 0.0410. The molecular formula is C27H24FN3O5S2. The summed E-state index contributed by atoms with van der Waals surface area (Å²) in [6.45, 7) is 1.24. The molecule has 2 N–H and O–H groups in total. The second kappa shape index (κ2) is 11.0. The molecule has 0 saturated carbocycles. The molecule has 11 heteroatoms. The Morgan fingerprint density at radius 3 is 1.95 bits per heavy atom. The smallest absolute Gasteiger partial charge is 0.264 e. The molecule has 0 aromatic heterocycles. The van der Waals surface area contributed by atoms with E-state index in [1.165, 1.54) is 48.5 Å². The summed E-state index contributed by atoms with van der Waals surface area (Å²) >= 11 is 0. The minimum atomic E-state index is -4.06. The zero-order chi connectivity index (χ0) is 27.3. The SMILES string of the molecule is Cc1ccccc1N(CC(=O)Nc1ccc(S(=O)(=O)Nc2ccc(F)cc2)cc1)S(=O)(=O)c1ccccc1. The number of amides is 1. The van der Waals surface area contributed by atoms with E-state index in [1.807, 2.05) is 0 Å². The van der Waals surface area contributed by atoms with Crippen molar-refractivity contribution >= 4 is 43.0 Å². The predicted octanol–water partition coefficient (Wildman–Crippen LogP) is 4.77. The lowest BCUT2D eigenvalue weighted by Gasteiger charge is -2.25. The highest BCUT2D eigenvalue weighted by atomic mass is 32.2. The molecule has 8 nitrogen and oxygen atoms in total. The highest BCUT2D eigenvalue weighted by Crippen LogP contribution is 2.27. The van der Waals surface area contributed by atoms with Crippen LogP contribution in [0.15, 0.2) is 113 Å². The van der Waals surface area contributed by atoms with Crippen LogP contribution in [0.5, 0.6) is 0 Å². The van der Waals surface area contributed by atoms with E-state index >= 15 is 0 Å². The summed E-state index contributed by atoms with van der Waals surface area (Å²) in [4.78, 5) is 12.9. The second-order valence-electron chi connectivity index (χ2n) is 8.30. The molecule has 0 heterocycles. The fourth-order valence-corrected chi connectivity index (χ4v) is 6.21. The fourth-order valence-electron chi connectivity index (χ4n) is 3.64. The number of nitrogens with one attached hydrogen (secondary N) is 2. The Balaban J connectivity index is 1.52. The number of aryl methyl sites for hydroxylation is 1. The molecule has 0 fully saturated rings. The third-order valence-electron chi connectivity index (χ3n) is 5.55. The second-order valence-corrected chi connectivity index (χ2v) is 11.8. The molecule has 0 radical (unpaired) electrons. The van der Waals surface area contributed by atoms with E-state index in [2.05, 4.69) is 10.0 Å². The number of carbonyl (C=O) groups is 1. The van der Waals surface area contributed by atoms with Gasteiger partial charge >= 0.3 is 0 Å². The van der Waals surface area contributed by atoms with Crippen molar-refractivity contribution in [2.45, 2.75) is 16.7 Å². The Kier molecular flexibility index (Phi) is 7.79. The average molecular weight is 554 g/mol. The Hall–Kier alpha value is -4.22. The molecule has 4 rings (SSSR count). The Labute approximate surface area is 220 Å². The van der Waals surface area contributed by atoms with Gasteiger partial charge in [0.15, 0.2) is 0 Å². The van der Waals surface area contributed by atoms with Gasteiger partial charge in [0.05, 0.1) is 15.5 Å². The maximum absolute atomic E-state index is 13.4. The number of benzene rings is 4. The van der Waals surface area contributed by atoms with E-state index < -0.39 is 38.3 Å². The largest absolute Gasteiger partial charge is 0.325 e. The highest BCUT2D eigenvalue weighted by molar-refractivity contribution is 7.93. The maximum Gasteiger partial charge on any atom is 0.264 e. The molecule has 38 heavy (non-hydrogen) atoms. The maximum atomic E-state index is 13.4. The standard InChI is InChI=1S/C27H24FN3O5S2/c1-20-7-5-6-10-26(20)31(38(35,36)25-8-3-2-4-9-25)19-27(32)29-22-15-17-24(18-16-22)37(33,34)30-23-13-11-21(28)12-14-23/h2-18,30H,19H2,1H3,(H,29,32). The van der Waals surface area contributed by atoms with Gasteiger partial charge in [-0.3, -0.25) is 13.8 Å². The molecule has 0 bridgehead atoms. The number of anilines is 3. The van der Waals surface area contributed by atoms with Crippen LogP contribution in [0, 0.1) is 12.7 Å². The lowest BCUT2D eigenvalue weighted by atomic mass is 10.2. The summed E-state index contributed by atoms with van der Waals surface area (Å²) in [6.07, 6.45) is 0. The van der Waals surface area contributed by atoms with Crippen LogP contribution < -0.4 is 14.3 Å². The zero-order valence-corrected chi connectivity index (χ0v) is 21.8. The van der Waals surface area contributed by atoms with Crippen LogP contribution in [-0.4, -0.2) is 29.3 Å². The van der Waals surface area contributed by atoms with Gasteiger partial charge in [0.1, 0.15) is 12.4 Å². The summed E-state index contributed by atoms with van der Waals surface area (Å²) in [5.74, 6) is -1.11. The van der Waals surface area contributed by atoms with E-state index in [0.29, 0.717) is 11.3 Å². The van der Waals surface area contributed by atoms with Crippen LogP contribution in [0.2, 0.25) is 0 Å². The number of nitrogens with zero attached hydrogens (tertiary/aromatic N) is 1. The van der Waals surface area contributed by atoms with E-state index in [9.17, 15) is 26.0 Å². The molecule has 4 aromatic carbocycles. The van der Waals surface area contributed by atoms with Gasteiger partial charge in [-0.25, -0.2) is 21.2 Å². The van der Waals surface area contributed by atoms with E-state index in [4.69, 9.17) is 0 Å². The molecule has 0 saturated heterocycles. The van der Waals surface area contributed by atoms with Crippen LogP contribution in [0.25, 0.3) is 0 Å². The van der Waals surface area contributed by atoms with Crippen molar-refractivity contribution in [3.8, 4) is 0 Å². The number of rotatable bonds is 9. The van der Waals surface area contributed by atoms with E-state index in [0.717, 1.165) is 16.4 Å². The monoisotopic (exact) mass is 553 g/mol. The molecule has 0 aliphatic heterocycles. The van der Waals surface area contributed by atoms with Crippen LogP contribution in [0.4, 0.5) is 21.5 Å². The quantitative estimate of drug-likeness (QED) is 0.310. The highest BCUT2D eigenvalue weighted by Gasteiger charge is 2.28. The van der Waals surface area contributed by atoms with Gasteiger partial charge < -0.3 is 5.32 Å². The first-order chi connectivity index (χ1) is 18.1. The predicted molar refractivity (Wildman–Crippen MR) is 144 cm³/mol. The van der Waals surface area contributed by atoms with E-state index in [1.54, 1.807) is 49.4 Å². The molecule has 0 aliphatic rings. The van der Waals surface area contributed by atoms with Crippen molar-refractivity contribution in [3.63, 3.8) is 0 Å². The number of halogens is 1. The Morgan fingerprint density at radius 2 is 1.32 bits per heavy atom. The average Bonchev–Trinajstić information content (AvgIpc) is 2.90. The molecule has 0 unspecified atom stereocenters. The molecule has 0 aliphatic carbocycles. The summed E-state index contributed by atoms with van der Waals surface area (Å²) < 4.78 is 68.6. The van der Waals surface area contributed by atoms with Crippen LogP contribution in [-0.2, 0) is 24.8 Å². The van der Waals surface area contributed by atoms with Crippen molar-refractivity contribution < 1.29 is 26.0 Å². The third-order valence-corrected chi connectivity index (χ3v) is 8.72. The summed E-state index contributed by atoms with van der Waals surface area (Å²) in [6, 6.07) is 24.9. The number of carbonyl (C=O) groups excluding carboxylic acids is 1. The molecule has 4 aromatic rings. The Morgan fingerprint density at radius 1 is 0.737 bits per heavy atom. The van der Waals surface area contributed by atoms with Gasteiger partial charge in [0.25, 0.3) is 20.0 Å². The number of hydrogen-bond donors (Lipinski definition) is 2. The van der Waals surface area contributed by atoms with Crippen LogP contribution in [0.1, 0.15) is 5.56 Å². The number of para-hydroxylation sites is 1. The van der Waals surface area contributed by atoms with Gasteiger partial charge in [0, 0.05) is 11.4 Å². The summed E-state index contributed by atoms with van der Waals surface area (Å²) in [7, 11) is -8.01. The number of hydrogen-bond acceptors (Lipinski definition) is 5. The molecule has 0 atom stereocenters. The first-order valence-corrected chi connectivity index (χ1v) is 14.3. The summed E-state index contributed by atoms with van der Waals surface area (Å²) in [5, 5.41) is 2.62. The molecule has 1 amide bonds. The van der Waals surface area contributed by atoms with Crippen molar-refractivity contribution in [1.29, 1.82) is 0 Å². The van der Waals surface area contributed by atoms with Gasteiger partial charge in [0.2, 0.25) is 5.91 Å². The lowest BCUT2D eigenvalue weighted by Crippen LogP contribution is -2.38. The fraction of sp³-hybridized carbons (Fsp3) is 0.0741. The zero-order valence-electron chi connectivity index (χ0n) is 20.2. The van der Waals surface area contributed by atoms with E-state index in [-0.39, 0.29) is 21.2 Å². The van der Waals surface area contributed by atoms with Gasteiger partial charge in [-0.05, 0) is 79.2 Å². The molecule has 196 valence electrons. The normalized spacial score (nSPS) is 11.5. The van der Waals surface area contributed by atoms with Crippen molar-refractivity contribution in [2.24, 2.45) is 0 Å².